The lowest BCUT2D eigenvalue weighted by Gasteiger charge is -2.11. The molecule has 0 unspecified atom stereocenters. The molecule has 5 heteroatoms. The molecule has 11 rings (SSSR count). The summed E-state index contributed by atoms with van der Waals surface area (Å²) >= 11 is 0. The highest BCUT2D eigenvalue weighted by atomic mass is 15.3. The SMILES string of the molecule is c1ccc(-c2ccccc2-c2cc3c4c(c2)n2c5cc6ccccc6cc5nc2n4c2nc4cc5ccccc5cc4n32)cc1. The molecule has 7 aromatic carbocycles. The van der Waals surface area contributed by atoms with Gasteiger partial charge in [-0.05, 0) is 80.2 Å². The molecule has 0 aliphatic heterocycles. The van der Waals surface area contributed by atoms with Crippen molar-refractivity contribution in [2.24, 2.45) is 0 Å². The summed E-state index contributed by atoms with van der Waals surface area (Å²) < 4.78 is 6.91. The van der Waals surface area contributed by atoms with Crippen molar-refractivity contribution in [2.75, 3.05) is 0 Å². The van der Waals surface area contributed by atoms with E-state index in [1.807, 2.05) is 0 Å². The first-order chi connectivity index (χ1) is 22.3. The third kappa shape index (κ3) is 3.01. The van der Waals surface area contributed by atoms with E-state index in [1.54, 1.807) is 0 Å². The van der Waals surface area contributed by atoms with Crippen molar-refractivity contribution >= 4 is 71.7 Å². The Morgan fingerprint density at radius 2 is 0.800 bits per heavy atom. The maximum atomic E-state index is 5.27. The lowest BCUT2D eigenvalue weighted by molar-refractivity contribution is 1.15. The predicted molar refractivity (Wildman–Crippen MR) is 184 cm³/mol. The Kier molecular flexibility index (Phi) is 4.26. The van der Waals surface area contributed by atoms with Crippen LogP contribution in [0.4, 0.5) is 0 Å². The van der Waals surface area contributed by atoms with Gasteiger partial charge in [-0.2, -0.15) is 0 Å². The first-order valence-electron chi connectivity index (χ1n) is 15.3. The van der Waals surface area contributed by atoms with Gasteiger partial charge in [-0.15, -0.1) is 0 Å². The third-order valence-corrected chi connectivity index (χ3v) is 9.51. The largest absolute Gasteiger partial charge is 0.276 e. The number of rotatable bonds is 2. The lowest BCUT2D eigenvalue weighted by atomic mass is 9.94. The van der Waals surface area contributed by atoms with Crippen LogP contribution in [-0.4, -0.2) is 23.2 Å². The summed E-state index contributed by atoms with van der Waals surface area (Å²) in [6, 6.07) is 50.0. The Hall–Kier alpha value is -6.20. The molecule has 0 N–H and O–H groups in total. The molecule has 208 valence electrons. The predicted octanol–water partition coefficient (Wildman–Crippen LogP) is 9.77. The maximum absolute atomic E-state index is 5.27. The molecular weight excluding hydrogens is 550 g/mol. The molecule has 0 fully saturated rings. The number of fused-ring (bicyclic) bond motifs is 12. The van der Waals surface area contributed by atoms with Crippen LogP contribution in [0.5, 0.6) is 0 Å². The maximum Gasteiger partial charge on any atom is 0.223 e. The topological polar surface area (TPSA) is 39.0 Å². The van der Waals surface area contributed by atoms with E-state index in [1.165, 1.54) is 38.2 Å². The van der Waals surface area contributed by atoms with Gasteiger partial charge >= 0.3 is 0 Å². The molecule has 0 bridgehead atoms. The third-order valence-electron chi connectivity index (χ3n) is 9.51. The molecule has 0 aliphatic carbocycles. The summed E-state index contributed by atoms with van der Waals surface area (Å²) in [6.07, 6.45) is 0. The van der Waals surface area contributed by atoms with Gasteiger partial charge in [-0.1, -0.05) is 103 Å². The monoisotopic (exact) mass is 573 g/mol. The van der Waals surface area contributed by atoms with Gasteiger partial charge in [0.25, 0.3) is 0 Å². The van der Waals surface area contributed by atoms with Gasteiger partial charge in [0, 0.05) is 0 Å². The van der Waals surface area contributed by atoms with Gasteiger partial charge in [0.1, 0.15) is 5.52 Å². The van der Waals surface area contributed by atoms with Gasteiger partial charge in [0.05, 0.1) is 33.1 Å². The van der Waals surface area contributed by atoms with E-state index >= 15 is 0 Å². The molecule has 0 aliphatic rings. The second-order valence-electron chi connectivity index (χ2n) is 12.0. The van der Waals surface area contributed by atoms with Crippen molar-refractivity contribution in [3.8, 4) is 22.3 Å². The Morgan fingerprint density at radius 3 is 1.33 bits per heavy atom. The minimum absolute atomic E-state index is 0.878. The molecule has 5 nitrogen and oxygen atoms in total. The average molecular weight is 574 g/mol. The van der Waals surface area contributed by atoms with E-state index in [0.717, 1.165) is 55.7 Å². The molecule has 0 radical (unpaired) electrons. The smallest absolute Gasteiger partial charge is 0.223 e. The molecule has 0 saturated heterocycles. The summed E-state index contributed by atoms with van der Waals surface area (Å²) in [4.78, 5) is 10.5. The highest BCUT2D eigenvalue weighted by molar-refractivity contribution is 6.09. The minimum Gasteiger partial charge on any atom is -0.276 e. The van der Waals surface area contributed by atoms with Crippen LogP contribution in [0.3, 0.4) is 0 Å². The van der Waals surface area contributed by atoms with Crippen LogP contribution in [0.1, 0.15) is 0 Å². The molecule has 0 amide bonds. The molecule has 0 atom stereocenters. The van der Waals surface area contributed by atoms with Crippen molar-refractivity contribution in [3.63, 3.8) is 0 Å². The van der Waals surface area contributed by atoms with E-state index in [-0.39, 0.29) is 0 Å². The van der Waals surface area contributed by atoms with Crippen molar-refractivity contribution < 1.29 is 0 Å². The van der Waals surface area contributed by atoms with Crippen molar-refractivity contribution in [1.82, 2.24) is 23.2 Å². The number of benzene rings is 7. The van der Waals surface area contributed by atoms with Gasteiger partial charge in [0.2, 0.25) is 11.6 Å². The molecule has 0 saturated carbocycles. The van der Waals surface area contributed by atoms with Gasteiger partial charge in [-0.3, -0.25) is 8.80 Å². The minimum atomic E-state index is 0.878. The van der Waals surface area contributed by atoms with Gasteiger partial charge < -0.3 is 0 Å². The molecule has 4 heterocycles. The zero-order valence-electron chi connectivity index (χ0n) is 24.0. The van der Waals surface area contributed by atoms with Gasteiger partial charge in [0.15, 0.2) is 0 Å². The van der Waals surface area contributed by atoms with Crippen molar-refractivity contribution in [3.05, 3.63) is 140 Å². The summed E-state index contributed by atoms with van der Waals surface area (Å²) in [5.41, 5.74) is 12.3. The van der Waals surface area contributed by atoms with Gasteiger partial charge in [-0.25, -0.2) is 14.4 Å². The zero-order valence-corrected chi connectivity index (χ0v) is 24.0. The highest BCUT2D eigenvalue weighted by Gasteiger charge is 2.25. The van der Waals surface area contributed by atoms with Crippen LogP contribution in [0.15, 0.2) is 140 Å². The van der Waals surface area contributed by atoms with Crippen LogP contribution >= 0.6 is 0 Å². The summed E-state index contributed by atoms with van der Waals surface area (Å²) in [5, 5.41) is 4.78. The van der Waals surface area contributed by atoms with E-state index < -0.39 is 0 Å². The number of aromatic nitrogens is 5. The van der Waals surface area contributed by atoms with Crippen molar-refractivity contribution in [2.45, 2.75) is 0 Å². The standard InChI is InChI=1S/C40H23N5/c1-2-10-24(11-3-1)30-16-8-9-17-31(30)29-22-36-38-37(23-29)44-35-21-28-15-7-5-13-26(28)19-33(35)42-40(44)45(38)39-41-32-18-25-12-4-6-14-27(25)20-34(32)43(36)39/h1-23H. The van der Waals surface area contributed by atoms with E-state index in [0.29, 0.717) is 0 Å². The zero-order chi connectivity index (χ0) is 29.2. The Labute approximate surface area is 256 Å². The molecule has 4 aromatic heterocycles. The number of hydrogen-bond acceptors (Lipinski definition) is 2. The van der Waals surface area contributed by atoms with Crippen LogP contribution in [0, 0.1) is 0 Å². The molecule has 0 spiro atoms. The normalized spacial score (nSPS) is 12.4. The number of nitrogens with zero attached hydrogens (tertiary/aromatic N) is 5. The Balaban J connectivity index is 1.35. The summed E-state index contributed by atoms with van der Waals surface area (Å²) in [6.45, 7) is 0. The van der Waals surface area contributed by atoms with E-state index in [4.69, 9.17) is 9.97 Å². The molecular formula is C40H23N5. The quantitative estimate of drug-likeness (QED) is 0.206. The fourth-order valence-electron chi connectivity index (χ4n) is 7.50. The number of imidazole rings is 4. The van der Waals surface area contributed by atoms with E-state index in [2.05, 4.69) is 153 Å². The van der Waals surface area contributed by atoms with Crippen LogP contribution in [0.25, 0.3) is 94.0 Å². The second-order valence-corrected chi connectivity index (χ2v) is 12.0. The number of hydrogen-bond donors (Lipinski definition) is 0. The van der Waals surface area contributed by atoms with Crippen LogP contribution in [0.2, 0.25) is 0 Å². The first-order valence-corrected chi connectivity index (χ1v) is 15.3. The lowest BCUT2D eigenvalue weighted by Crippen LogP contribution is -1.90. The highest BCUT2D eigenvalue weighted by Crippen LogP contribution is 2.40. The van der Waals surface area contributed by atoms with Crippen LogP contribution in [-0.2, 0) is 0 Å². The Morgan fingerprint density at radius 1 is 0.356 bits per heavy atom. The molecule has 45 heavy (non-hydrogen) atoms. The Bertz CT molecular complexity index is 2820. The fraction of sp³-hybridized carbons (Fsp3) is 0. The fourth-order valence-corrected chi connectivity index (χ4v) is 7.50. The van der Waals surface area contributed by atoms with Crippen LogP contribution < -0.4 is 0 Å². The van der Waals surface area contributed by atoms with Crippen molar-refractivity contribution in [1.29, 1.82) is 0 Å². The summed E-state index contributed by atoms with van der Waals surface area (Å²) in [5.74, 6) is 1.76. The summed E-state index contributed by atoms with van der Waals surface area (Å²) in [7, 11) is 0. The van der Waals surface area contributed by atoms with E-state index in [9.17, 15) is 0 Å². The second kappa shape index (κ2) is 8.24. The molecule has 11 aromatic rings. The average Bonchev–Trinajstić information content (AvgIpc) is 3.81. The first kappa shape index (κ1) is 23.3.